The first-order valence-electron chi connectivity index (χ1n) is 5.82. The Kier molecular flexibility index (Phi) is 4.07. The number of imidazole rings is 1. The molecule has 2 amide bonds. The summed E-state index contributed by atoms with van der Waals surface area (Å²) in [5.41, 5.74) is -0.496. The molecule has 0 unspecified atom stereocenters. The summed E-state index contributed by atoms with van der Waals surface area (Å²) in [4.78, 5) is 30.8. The molecule has 0 aromatic carbocycles. The van der Waals surface area contributed by atoms with Crippen LogP contribution >= 0.6 is 15.9 Å². The van der Waals surface area contributed by atoms with Gasteiger partial charge in [0.05, 0.1) is 6.20 Å². The number of aromatic nitrogens is 4. The molecule has 0 saturated carbocycles. The summed E-state index contributed by atoms with van der Waals surface area (Å²) in [5.74, 6) is -0.0863. The standard InChI is InChI=1S/C11H12BrN5O4/c1-11(2,3)21-10(19)16-9(18)20-8-7-13-4-6(12)17(7)15-5-14-8/h4-5H,1-3H3,(H,16,18,19). The Morgan fingerprint density at radius 3 is 2.67 bits per heavy atom. The topological polar surface area (TPSA) is 108 Å². The highest BCUT2D eigenvalue weighted by atomic mass is 79.9. The average Bonchev–Trinajstić information content (AvgIpc) is 2.69. The predicted octanol–water partition coefficient (Wildman–Crippen LogP) is 1.91. The first kappa shape index (κ1) is 15.2. The second-order valence-electron chi connectivity index (χ2n) is 4.90. The maximum absolute atomic E-state index is 11.6. The van der Waals surface area contributed by atoms with Crippen LogP contribution in [0.3, 0.4) is 0 Å². The number of imide groups is 1. The van der Waals surface area contributed by atoms with Crippen molar-refractivity contribution in [1.29, 1.82) is 0 Å². The number of alkyl carbamates (subject to hydrolysis) is 1. The van der Waals surface area contributed by atoms with E-state index in [1.807, 2.05) is 5.32 Å². The Balaban J connectivity index is 2.07. The molecule has 0 saturated heterocycles. The Morgan fingerprint density at radius 2 is 2.00 bits per heavy atom. The lowest BCUT2D eigenvalue weighted by Gasteiger charge is -2.18. The van der Waals surface area contributed by atoms with E-state index in [9.17, 15) is 9.59 Å². The van der Waals surface area contributed by atoms with Gasteiger partial charge in [0.25, 0.3) is 5.88 Å². The lowest BCUT2D eigenvalue weighted by atomic mass is 10.2. The van der Waals surface area contributed by atoms with Gasteiger partial charge in [0.1, 0.15) is 16.5 Å². The van der Waals surface area contributed by atoms with Gasteiger partial charge in [0, 0.05) is 0 Å². The maximum Gasteiger partial charge on any atom is 0.423 e. The molecule has 2 aromatic rings. The molecule has 0 aliphatic carbocycles. The zero-order chi connectivity index (χ0) is 15.6. The molecule has 0 spiro atoms. The Labute approximate surface area is 127 Å². The molecule has 1 N–H and O–H groups in total. The number of hydrogen-bond donors (Lipinski definition) is 1. The largest absolute Gasteiger partial charge is 0.443 e. The normalized spacial score (nSPS) is 11.2. The Morgan fingerprint density at radius 1 is 1.29 bits per heavy atom. The molecule has 112 valence electrons. The predicted molar refractivity (Wildman–Crippen MR) is 73.9 cm³/mol. The molecule has 0 atom stereocenters. The lowest BCUT2D eigenvalue weighted by Crippen LogP contribution is -2.38. The van der Waals surface area contributed by atoms with Crippen LogP contribution in [-0.2, 0) is 4.74 Å². The number of nitrogens with one attached hydrogen (secondary N) is 1. The SMILES string of the molecule is CC(C)(C)OC(=O)NC(=O)Oc1ncnn2c(Br)cnc12. The van der Waals surface area contributed by atoms with Crippen molar-refractivity contribution in [3.8, 4) is 5.88 Å². The first-order valence-corrected chi connectivity index (χ1v) is 6.61. The van der Waals surface area contributed by atoms with Gasteiger partial charge in [-0.05, 0) is 36.7 Å². The number of rotatable bonds is 1. The molecule has 21 heavy (non-hydrogen) atoms. The molecule has 0 bridgehead atoms. The van der Waals surface area contributed by atoms with Crippen molar-refractivity contribution in [2.45, 2.75) is 26.4 Å². The van der Waals surface area contributed by atoms with Crippen LogP contribution in [0, 0.1) is 0 Å². The van der Waals surface area contributed by atoms with E-state index in [0.717, 1.165) is 0 Å². The van der Waals surface area contributed by atoms with E-state index in [-0.39, 0.29) is 11.5 Å². The highest BCUT2D eigenvalue weighted by molar-refractivity contribution is 9.10. The van der Waals surface area contributed by atoms with E-state index in [2.05, 4.69) is 31.0 Å². The summed E-state index contributed by atoms with van der Waals surface area (Å²) in [7, 11) is 0. The number of fused-ring (bicyclic) bond motifs is 1. The van der Waals surface area contributed by atoms with Crippen LogP contribution in [0.25, 0.3) is 5.65 Å². The van der Waals surface area contributed by atoms with Crippen LogP contribution in [0.4, 0.5) is 9.59 Å². The van der Waals surface area contributed by atoms with Gasteiger partial charge in [0.2, 0.25) is 5.65 Å². The summed E-state index contributed by atoms with van der Waals surface area (Å²) in [5, 5.41) is 5.84. The highest BCUT2D eigenvalue weighted by Gasteiger charge is 2.20. The monoisotopic (exact) mass is 357 g/mol. The van der Waals surface area contributed by atoms with Crippen LogP contribution in [0.2, 0.25) is 0 Å². The van der Waals surface area contributed by atoms with Crippen molar-refractivity contribution in [2.75, 3.05) is 0 Å². The molecule has 2 rings (SSSR count). The third-order valence-corrected chi connectivity index (χ3v) is 2.56. The van der Waals surface area contributed by atoms with Crippen molar-refractivity contribution in [2.24, 2.45) is 0 Å². The molecule has 10 heteroatoms. The molecule has 0 radical (unpaired) electrons. The fraction of sp³-hybridized carbons (Fsp3) is 0.364. The summed E-state index contributed by atoms with van der Waals surface area (Å²) >= 11 is 3.22. The van der Waals surface area contributed by atoms with Crippen LogP contribution in [0.15, 0.2) is 17.1 Å². The van der Waals surface area contributed by atoms with Gasteiger partial charge < -0.3 is 9.47 Å². The van der Waals surface area contributed by atoms with Gasteiger partial charge in [-0.2, -0.15) is 10.1 Å². The summed E-state index contributed by atoms with van der Waals surface area (Å²) in [6.45, 7) is 5.02. The van der Waals surface area contributed by atoms with Crippen LogP contribution in [0.1, 0.15) is 20.8 Å². The van der Waals surface area contributed by atoms with Crippen molar-refractivity contribution in [3.05, 3.63) is 17.1 Å². The van der Waals surface area contributed by atoms with E-state index in [4.69, 9.17) is 9.47 Å². The van der Waals surface area contributed by atoms with Gasteiger partial charge in [-0.15, -0.1) is 0 Å². The van der Waals surface area contributed by atoms with Gasteiger partial charge >= 0.3 is 12.2 Å². The van der Waals surface area contributed by atoms with Crippen LogP contribution in [-0.4, -0.2) is 37.4 Å². The van der Waals surface area contributed by atoms with E-state index >= 15 is 0 Å². The first-order chi connectivity index (χ1) is 9.76. The number of carbonyl (C=O) groups is 2. The van der Waals surface area contributed by atoms with Crippen LogP contribution in [0.5, 0.6) is 5.88 Å². The van der Waals surface area contributed by atoms with Gasteiger partial charge in [-0.1, -0.05) is 0 Å². The number of hydrogen-bond acceptors (Lipinski definition) is 7. The zero-order valence-electron chi connectivity index (χ0n) is 11.5. The van der Waals surface area contributed by atoms with E-state index < -0.39 is 17.8 Å². The minimum absolute atomic E-state index is 0.0863. The molecular formula is C11H12BrN5O4. The zero-order valence-corrected chi connectivity index (χ0v) is 13.0. The molecule has 0 fully saturated rings. The number of amides is 2. The van der Waals surface area contributed by atoms with Gasteiger partial charge in [-0.3, -0.25) is 0 Å². The number of ether oxygens (including phenoxy) is 2. The highest BCUT2D eigenvalue weighted by Crippen LogP contribution is 2.18. The van der Waals surface area contributed by atoms with Crippen molar-refractivity contribution in [3.63, 3.8) is 0 Å². The van der Waals surface area contributed by atoms with Crippen LogP contribution < -0.4 is 10.1 Å². The number of halogens is 1. The lowest BCUT2D eigenvalue weighted by molar-refractivity contribution is 0.0533. The van der Waals surface area contributed by atoms with E-state index in [0.29, 0.717) is 4.60 Å². The van der Waals surface area contributed by atoms with Gasteiger partial charge in [-0.25, -0.2) is 24.4 Å². The maximum atomic E-state index is 11.6. The van der Waals surface area contributed by atoms with Gasteiger partial charge in [0.15, 0.2) is 0 Å². The molecule has 0 aliphatic heterocycles. The smallest absolute Gasteiger partial charge is 0.423 e. The second kappa shape index (κ2) is 5.64. The fourth-order valence-corrected chi connectivity index (χ4v) is 1.70. The molecule has 0 aliphatic rings. The quantitative estimate of drug-likeness (QED) is 0.830. The van der Waals surface area contributed by atoms with E-state index in [1.165, 1.54) is 17.0 Å². The third-order valence-electron chi connectivity index (χ3n) is 2.02. The van der Waals surface area contributed by atoms with Crippen molar-refractivity contribution < 1.29 is 19.1 Å². The fourth-order valence-electron chi connectivity index (χ4n) is 1.34. The minimum Gasteiger partial charge on any atom is -0.443 e. The molecular weight excluding hydrogens is 346 g/mol. The molecule has 9 nitrogen and oxygen atoms in total. The molecule has 2 heterocycles. The van der Waals surface area contributed by atoms with Crippen molar-refractivity contribution >= 4 is 33.8 Å². The van der Waals surface area contributed by atoms with Crippen molar-refractivity contribution in [1.82, 2.24) is 24.9 Å². The molecule has 2 aromatic heterocycles. The average molecular weight is 358 g/mol. The Bertz CT molecular complexity index is 693. The summed E-state index contributed by atoms with van der Waals surface area (Å²) in [6.07, 6.45) is 0.726. The Hall–Kier alpha value is -2.23. The second-order valence-corrected chi connectivity index (χ2v) is 5.71. The summed E-state index contributed by atoms with van der Waals surface area (Å²) < 4.78 is 11.8. The number of nitrogens with zero attached hydrogens (tertiary/aromatic N) is 4. The number of carbonyl (C=O) groups excluding carboxylic acids is 2. The third kappa shape index (κ3) is 3.88. The summed E-state index contributed by atoms with van der Waals surface area (Å²) in [6, 6.07) is 0. The minimum atomic E-state index is -1.02. The van der Waals surface area contributed by atoms with E-state index in [1.54, 1.807) is 20.8 Å².